The smallest absolute Gasteiger partial charge is 0.194 e. The second-order valence-electron chi connectivity index (χ2n) is 7.02. The molecule has 30 heavy (non-hydrogen) atoms. The summed E-state index contributed by atoms with van der Waals surface area (Å²) in [7, 11) is -1.43. The average molecular weight is 462 g/mol. The molecule has 0 bridgehead atoms. The van der Waals surface area contributed by atoms with Crippen LogP contribution in [0.1, 0.15) is 24.8 Å². The third-order valence-corrected chi connectivity index (χ3v) is 7.24. The number of allylic oxidation sites excluding steroid dienone is 1. The monoisotopic (exact) mass is 461 g/mol. The Balaban J connectivity index is 1.42. The highest BCUT2D eigenvalue weighted by Gasteiger charge is 2.20. The van der Waals surface area contributed by atoms with Crippen LogP contribution in [0.2, 0.25) is 5.02 Å². The standard InChI is InChI=1S/C22H21ClFN3OS2/c23-20-13-18(30(28)27-22-25-11-12-29-22)9-10-21(20)26-14-16-3-1-2-4-19(16)15-5-7-17(24)8-6-15/h4-13,16,26H,1-3,14H2,(H,25,27). The first kappa shape index (κ1) is 21.0. The Hall–Kier alpha value is -2.22. The van der Waals surface area contributed by atoms with Gasteiger partial charge in [-0.3, -0.25) is 4.72 Å². The van der Waals surface area contributed by atoms with E-state index in [0.717, 1.165) is 37.1 Å². The van der Waals surface area contributed by atoms with Gasteiger partial charge in [0.15, 0.2) is 16.1 Å². The molecule has 0 radical (unpaired) electrons. The van der Waals surface area contributed by atoms with E-state index in [-0.39, 0.29) is 5.82 Å². The van der Waals surface area contributed by atoms with Crippen molar-refractivity contribution in [2.24, 2.45) is 5.92 Å². The molecule has 0 fully saturated rings. The minimum absolute atomic E-state index is 0.224. The summed E-state index contributed by atoms with van der Waals surface area (Å²) in [6, 6.07) is 12.0. The molecule has 4 nitrogen and oxygen atoms in total. The van der Waals surface area contributed by atoms with E-state index in [4.69, 9.17) is 11.6 Å². The summed E-state index contributed by atoms with van der Waals surface area (Å²) in [5.74, 6) is 0.0964. The Morgan fingerprint density at radius 1 is 1.23 bits per heavy atom. The van der Waals surface area contributed by atoms with Gasteiger partial charge in [0.2, 0.25) is 0 Å². The van der Waals surface area contributed by atoms with E-state index in [0.29, 0.717) is 21.0 Å². The molecule has 3 aromatic rings. The van der Waals surface area contributed by atoms with Crippen molar-refractivity contribution in [1.29, 1.82) is 0 Å². The first-order chi connectivity index (χ1) is 14.6. The Kier molecular flexibility index (Phi) is 6.82. The molecule has 0 amide bonds. The summed E-state index contributed by atoms with van der Waals surface area (Å²) in [5.41, 5.74) is 3.11. The topological polar surface area (TPSA) is 54.0 Å². The predicted octanol–water partition coefficient (Wildman–Crippen LogP) is 6.37. The summed E-state index contributed by atoms with van der Waals surface area (Å²) in [4.78, 5) is 4.67. The molecule has 0 aliphatic heterocycles. The van der Waals surface area contributed by atoms with E-state index < -0.39 is 11.0 Å². The van der Waals surface area contributed by atoms with Crippen LogP contribution >= 0.6 is 22.9 Å². The molecule has 156 valence electrons. The molecule has 4 rings (SSSR count). The van der Waals surface area contributed by atoms with Gasteiger partial charge in [0.25, 0.3) is 0 Å². The number of hydrogen-bond donors (Lipinski definition) is 2. The van der Waals surface area contributed by atoms with Crippen molar-refractivity contribution >= 4 is 50.3 Å². The highest BCUT2D eigenvalue weighted by molar-refractivity contribution is 7.86. The average Bonchev–Trinajstić information content (AvgIpc) is 3.27. The summed E-state index contributed by atoms with van der Waals surface area (Å²) < 4.78 is 28.6. The van der Waals surface area contributed by atoms with Gasteiger partial charge >= 0.3 is 0 Å². The summed E-state index contributed by atoms with van der Waals surface area (Å²) in [5, 5.41) is 6.37. The number of nitrogens with zero attached hydrogens (tertiary/aromatic N) is 1. The van der Waals surface area contributed by atoms with Crippen LogP contribution in [0.15, 0.2) is 65.0 Å². The molecule has 2 N–H and O–H groups in total. The SMILES string of the molecule is O=S(Nc1nccs1)c1ccc(NCC2CCCC=C2c2ccc(F)cc2)c(Cl)c1. The first-order valence-electron chi connectivity index (χ1n) is 9.67. The number of benzene rings is 2. The van der Waals surface area contributed by atoms with Crippen LogP contribution in [-0.2, 0) is 11.0 Å². The maximum Gasteiger partial charge on any atom is 0.194 e. The second kappa shape index (κ2) is 9.73. The zero-order valence-corrected chi connectivity index (χ0v) is 18.5. The largest absolute Gasteiger partial charge is 0.383 e. The van der Waals surface area contributed by atoms with Crippen molar-refractivity contribution in [3.63, 3.8) is 0 Å². The highest BCUT2D eigenvalue weighted by Crippen LogP contribution is 2.34. The lowest BCUT2D eigenvalue weighted by atomic mass is 9.83. The molecule has 2 atom stereocenters. The van der Waals surface area contributed by atoms with Crippen molar-refractivity contribution in [3.8, 4) is 0 Å². The molecular weight excluding hydrogens is 441 g/mol. The third kappa shape index (κ3) is 5.09. The van der Waals surface area contributed by atoms with Gasteiger partial charge in [0, 0.05) is 24.0 Å². The zero-order valence-electron chi connectivity index (χ0n) is 16.1. The van der Waals surface area contributed by atoms with Gasteiger partial charge in [-0.25, -0.2) is 13.6 Å². The lowest BCUT2D eigenvalue weighted by molar-refractivity contribution is 0.579. The maximum atomic E-state index is 13.3. The number of hydrogen-bond acceptors (Lipinski definition) is 4. The number of thiazole rings is 1. The maximum absolute atomic E-state index is 13.3. The Morgan fingerprint density at radius 2 is 2.07 bits per heavy atom. The molecule has 0 spiro atoms. The van der Waals surface area contributed by atoms with E-state index in [1.807, 2.05) is 23.6 Å². The Labute approximate surface area is 186 Å². The predicted molar refractivity (Wildman–Crippen MR) is 124 cm³/mol. The molecule has 2 aromatic carbocycles. The van der Waals surface area contributed by atoms with Crippen molar-refractivity contribution in [2.75, 3.05) is 16.6 Å². The molecular formula is C22H21ClFN3OS2. The first-order valence-corrected chi connectivity index (χ1v) is 12.1. The lowest BCUT2D eigenvalue weighted by Gasteiger charge is -2.26. The molecule has 1 heterocycles. The van der Waals surface area contributed by atoms with E-state index in [1.54, 1.807) is 18.3 Å². The van der Waals surface area contributed by atoms with Crippen molar-refractivity contribution < 1.29 is 8.60 Å². The van der Waals surface area contributed by atoms with Crippen LogP contribution in [0.5, 0.6) is 0 Å². The molecule has 0 saturated heterocycles. The normalized spacial score (nSPS) is 17.3. The number of anilines is 2. The van der Waals surface area contributed by atoms with E-state index in [1.165, 1.54) is 29.0 Å². The van der Waals surface area contributed by atoms with E-state index >= 15 is 0 Å². The van der Waals surface area contributed by atoms with Crippen LogP contribution in [0, 0.1) is 11.7 Å². The number of rotatable bonds is 7. The fraction of sp³-hybridized carbons (Fsp3) is 0.227. The minimum atomic E-state index is -1.43. The molecule has 0 saturated carbocycles. The van der Waals surface area contributed by atoms with Crippen LogP contribution in [0.3, 0.4) is 0 Å². The van der Waals surface area contributed by atoms with Crippen molar-refractivity contribution in [2.45, 2.75) is 24.2 Å². The summed E-state index contributed by atoms with van der Waals surface area (Å²) in [6.45, 7) is 0.725. The highest BCUT2D eigenvalue weighted by atomic mass is 35.5. The van der Waals surface area contributed by atoms with Crippen molar-refractivity contribution in [1.82, 2.24) is 4.98 Å². The second-order valence-corrected chi connectivity index (χ2v) is 9.54. The van der Waals surface area contributed by atoms with Crippen molar-refractivity contribution in [3.05, 3.63) is 76.5 Å². The van der Waals surface area contributed by atoms with Gasteiger partial charge in [0.05, 0.1) is 15.6 Å². The van der Waals surface area contributed by atoms with Gasteiger partial charge in [-0.05, 0) is 60.7 Å². The molecule has 1 aliphatic carbocycles. The van der Waals surface area contributed by atoms with Gasteiger partial charge in [-0.2, -0.15) is 0 Å². The third-order valence-electron chi connectivity index (χ3n) is 5.04. The molecule has 1 aliphatic rings. The van der Waals surface area contributed by atoms with E-state index in [2.05, 4.69) is 21.1 Å². The quantitative estimate of drug-likeness (QED) is 0.430. The van der Waals surface area contributed by atoms with Gasteiger partial charge < -0.3 is 5.32 Å². The van der Waals surface area contributed by atoms with Crippen LogP contribution in [0.4, 0.5) is 15.2 Å². The number of nitrogens with one attached hydrogen (secondary N) is 2. The van der Waals surface area contributed by atoms with Gasteiger partial charge in [0.1, 0.15) is 5.82 Å². The lowest BCUT2D eigenvalue weighted by Crippen LogP contribution is -2.18. The summed E-state index contributed by atoms with van der Waals surface area (Å²) in [6.07, 6.45) is 7.14. The van der Waals surface area contributed by atoms with Crippen LogP contribution in [0.25, 0.3) is 5.57 Å². The van der Waals surface area contributed by atoms with Gasteiger partial charge in [-0.1, -0.05) is 29.8 Å². The molecule has 2 unspecified atom stereocenters. The zero-order chi connectivity index (χ0) is 20.9. The Morgan fingerprint density at radius 3 is 2.80 bits per heavy atom. The van der Waals surface area contributed by atoms with Gasteiger partial charge in [-0.15, -0.1) is 11.3 Å². The minimum Gasteiger partial charge on any atom is -0.383 e. The number of aromatic nitrogens is 1. The fourth-order valence-corrected chi connectivity index (χ4v) is 5.40. The van der Waals surface area contributed by atoms with Crippen LogP contribution < -0.4 is 10.0 Å². The Bertz CT molecular complexity index is 1050. The fourth-order valence-electron chi connectivity index (χ4n) is 3.55. The number of halogens is 2. The molecule has 8 heteroatoms. The summed E-state index contributed by atoms with van der Waals surface area (Å²) >= 11 is 7.84. The van der Waals surface area contributed by atoms with E-state index in [9.17, 15) is 8.60 Å². The molecule has 1 aromatic heterocycles. The van der Waals surface area contributed by atoms with Crippen LogP contribution in [-0.4, -0.2) is 15.7 Å².